The highest BCUT2D eigenvalue weighted by molar-refractivity contribution is 6.13. The second kappa shape index (κ2) is 8.59. The van der Waals surface area contributed by atoms with Crippen LogP contribution in [-0.4, -0.2) is 36.5 Å². The average molecular weight is 371 g/mol. The number of nitrogens with one attached hydrogen (secondary N) is 2. The van der Waals surface area contributed by atoms with E-state index in [1.165, 1.54) is 12.1 Å². The molecule has 3 rings (SSSR count). The summed E-state index contributed by atoms with van der Waals surface area (Å²) in [7, 11) is 0. The molecule has 1 aromatic heterocycles. The van der Waals surface area contributed by atoms with Crippen molar-refractivity contribution in [3.8, 4) is 0 Å². The van der Waals surface area contributed by atoms with E-state index in [1.807, 2.05) is 6.92 Å². The Morgan fingerprint density at radius 1 is 1.41 bits per heavy atom. The van der Waals surface area contributed by atoms with Gasteiger partial charge in [0.15, 0.2) is 0 Å². The summed E-state index contributed by atoms with van der Waals surface area (Å²) >= 11 is 0. The van der Waals surface area contributed by atoms with E-state index in [1.54, 1.807) is 24.4 Å². The largest absolute Gasteiger partial charge is 0.381 e. The summed E-state index contributed by atoms with van der Waals surface area (Å²) in [4.78, 5) is 16.3. The number of halogens is 1. The number of benzene rings is 1. The third kappa shape index (κ3) is 4.79. The summed E-state index contributed by atoms with van der Waals surface area (Å²) in [5.41, 5.74) is 2.72. The minimum absolute atomic E-state index is 0.312. The molecule has 7 nitrogen and oxygen atoms in total. The van der Waals surface area contributed by atoms with E-state index >= 15 is 0 Å². The number of pyridine rings is 1. The van der Waals surface area contributed by atoms with Gasteiger partial charge in [0.05, 0.1) is 12.3 Å². The molecule has 1 fully saturated rings. The van der Waals surface area contributed by atoms with Crippen LogP contribution in [0.15, 0.2) is 41.6 Å². The first-order valence-corrected chi connectivity index (χ1v) is 8.70. The molecule has 1 saturated heterocycles. The highest BCUT2D eigenvalue weighted by Crippen LogP contribution is 2.17. The predicted molar refractivity (Wildman–Crippen MR) is 101 cm³/mol. The first kappa shape index (κ1) is 18.8. The van der Waals surface area contributed by atoms with Gasteiger partial charge >= 0.3 is 6.03 Å². The van der Waals surface area contributed by atoms with Crippen LogP contribution in [0.3, 0.4) is 0 Å². The van der Waals surface area contributed by atoms with Crippen LogP contribution in [0.2, 0.25) is 0 Å². The minimum atomic E-state index is -0.334. The van der Waals surface area contributed by atoms with E-state index in [9.17, 15) is 9.18 Å². The maximum atomic E-state index is 13.1. The Kier molecular flexibility index (Phi) is 5.97. The smallest absolute Gasteiger partial charge is 0.320 e. The number of urea groups is 1. The SMILES string of the molecule is Cc1cc(NC(=O)NCC2CCOC2)ncc1/C(=N\N)c1ccc(F)cc1. The molecule has 0 radical (unpaired) electrons. The number of hydrogen-bond acceptors (Lipinski definition) is 5. The van der Waals surface area contributed by atoms with Crippen molar-refractivity contribution >= 4 is 17.6 Å². The molecular weight excluding hydrogens is 349 g/mol. The number of ether oxygens (including phenoxy) is 1. The Morgan fingerprint density at radius 3 is 2.81 bits per heavy atom. The number of amides is 2. The van der Waals surface area contributed by atoms with Crippen molar-refractivity contribution in [2.45, 2.75) is 13.3 Å². The lowest BCUT2D eigenvalue weighted by Crippen LogP contribution is -2.33. The van der Waals surface area contributed by atoms with Gasteiger partial charge in [0.1, 0.15) is 11.6 Å². The zero-order valence-electron chi connectivity index (χ0n) is 15.0. The number of hydrazone groups is 1. The van der Waals surface area contributed by atoms with Gasteiger partial charge in [-0.2, -0.15) is 5.10 Å². The maximum Gasteiger partial charge on any atom is 0.320 e. The van der Waals surface area contributed by atoms with Crippen molar-refractivity contribution in [2.75, 3.05) is 25.1 Å². The molecule has 4 N–H and O–H groups in total. The molecule has 0 spiro atoms. The summed E-state index contributed by atoms with van der Waals surface area (Å²) in [6, 6.07) is 7.33. The molecular formula is C19H22FN5O2. The van der Waals surface area contributed by atoms with E-state index in [0.29, 0.717) is 41.7 Å². The molecule has 0 bridgehead atoms. The van der Waals surface area contributed by atoms with Crippen molar-refractivity contribution in [2.24, 2.45) is 16.9 Å². The number of carbonyl (C=O) groups excluding carboxylic acids is 1. The van der Waals surface area contributed by atoms with Crippen LogP contribution in [0.5, 0.6) is 0 Å². The normalized spacial score (nSPS) is 17.0. The molecule has 1 atom stereocenters. The first-order valence-electron chi connectivity index (χ1n) is 8.70. The van der Waals surface area contributed by atoms with Crippen LogP contribution in [0.1, 0.15) is 23.1 Å². The van der Waals surface area contributed by atoms with Gasteiger partial charge in [0, 0.05) is 36.4 Å². The molecule has 0 saturated carbocycles. The summed E-state index contributed by atoms with van der Waals surface area (Å²) in [5, 5.41) is 9.36. The van der Waals surface area contributed by atoms with E-state index in [0.717, 1.165) is 18.6 Å². The topological polar surface area (TPSA) is 102 Å². The number of aryl methyl sites for hydroxylation is 1. The van der Waals surface area contributed by atoms with Gasteiger partial charge in [-0.05, 0) is 49.2 Å². The second-order valence-corrected chi connectivity index (χ2v) is 6.43. The number of anilines is 1. The van der Waals surface area contributed by atoms with Crippen LogP contribution in [0, 0.1) is 18.7 Å². The third-order valence-electron chi connectivity index (χ3n) is 4.43. The maximum absolute atomic E-state index is 13.1. The number of aromatic nitrogens is 1. The van der Waals surface area contributed by atoms with E-state index in [-0.39, 0.29) is 11.8 Å². The van der Waals surface area contributed by atoms with Crippen molar-refractivity contribution in [3.63, 3.8) is 0 Å². The molecule has 2 amide bonds. The number of carbonyl (C=O) groups is 1. The minimum Gasteiger partial charge on any atom is -0.381 e. The summed E-state index contributed by atoms with van der Waals surface area (Å²) in [5.74, 6) is 5.98. The molecule has 2 heterocycles. The third-order valence-corrected chi connectivity index (χ3v) is 4.43. The zero-order valence-corrected chi connectivity index (χ0v) is 15.0. The highest BCUT2D eigenvalue weighted by Gasteiger charge is 2.17. The number of hydrogen-bond donors (Lipinski definition) is 3. The van der Waals surface area contributed by atoms with E-state index in [2.05, 4.69) is 20.7 Å². The Bertz CT molecular complexity index is 832. The lowest BCUT2D eigenvalue weighted by molar-refractivity contribution is 0.185. The lowest BCUT2D eigenvalue weighted by atomic mass is 10.00. The Labute approximate surface area is 156 Å². The monoisotopic (exact) mass is 371 g/mol. The van der Waals surface area contributed by atoms with Gasteiger partial charge in [-0.3, -0.25) is 5.32 Å². The van der Waals surface area contributed by atoms with Crippen LogP contribution in [0.4, 0.5) is 15.0 Å². The van der Waals surface area contributed by atoms with E-state index < -0.39 is 0 Å². The Morgan fingerprint density at radius 2 is 2.19 bits per heavy atom. The van der Waals surface area contributed by atoms with Gasteiger partial charge in [0.25, 0.3) is 0 Å². The fraction of sp³-hybridized carbons (Fsp3) is 0.316. The Balaban J connectivity index is 1.67. The van der Waals surface area contributed by atoms with Crippen LogP contribution >= 0.6 is 0 Å². The summed E-state index contributed by atoms with van der Waals surface area (Å²) in [6.07, 6.45) is 2.54. The van der Waals surface area contributed by atoms with Crippen LogP contribution < -0.4 is 16.5 Å². The van der Waals surface area contributed by atoms with Gasteiger partial charge in [-0.1, -0.05) is 0 Å². The van der Waals surface area contributed by atoms with Gasteiger partial charge < -0.3 is 15.9 Å². The number of rotatable bonds is 5. The lowest BCUT2D eigenvalue weighted by Gasteiger charge is -2.13. The van der Waals surface area contributed by atoms with Gasteiger partial charge in [0.2, 0.25) is 0 Å². The van der Waals surface area contributed by atoms with Gasteiger partial charge in [-0.25, -0.2) is 14.2 Å². The molecule has 8 heteroatoms. The van der Waals surface area contributed by atoms with Crippen molar-refractivity contribution in [3.05, 3.63) is 59.0 Å². The molecule has 0 aliphatic carbocycles. The zero-order chi connectivity index (χ0) is 19.2. The Hall–Kier alpha value is -3.00. The molecule has 1 aliphatic rings. The average Bonchev–Trinajstić information content (AvgIpc) is 3.17. The molecule has 27 heavy (non-hydrogen) atoms. The second-order valence-electron chi connectivity index (χ2n) is 6.43. The fourth-order valence-electron chi connectivity index (χ4n) is 2.92. The molecule has 142 valence electrons. The molecule has 1 aliphatic heterocycles. The molecule has 2 aromatic rings. The fourth-order valence-corrected chi connectivity index (χ4v) is 2.92. The quantitative estimate of drug-likeness (QED) is 0.427. The molecule has 1 unspecified atom stereocenters. The van der Waals surface area contributed by atoms with Gasteiger partial charge in [-0.15, -0.1) is 0 Å². The molecule has 1 aromatic carbocycles. The van der Waals surface area contributed by atoms with Crippen LogP contribution in [0.25, 0.3) is 0 Å². The predicted octanol–water partition coefficient (Wildman–Crippen LogP) is 2.40. The highest BCUT2D eigenvalue weighted by atomic mass is 19.1. The summed E-state index contributed by atoms with van der Waals surface area (Å²) < 4.78 is 18.4. The summed E-state index contributed by atoms with van der Waals surface area (Å²) in [6.45, 7) is 3.86. The van der Waals surface area contributed by atoms with Crippen molar-refractivity contribution < 1.29 is 13.9 Å². The first-order chi connectivity index (χ1) is 13.1. The number of nitrogens with two attached hydrogens (primary N) is 1. The van der Waals surface area contributed by atoms with Crippen LogP contribution in [-0.2, 0) is 4.74 Å². The number of nitrogens with zero attached hydrogens (tertiary/aromatic N) is 2. The van der Waals surface area contributed by atoms with Crippen molar-refractivity contribution in [1.29, 1.82) is 0 Å². The van der Waals surface area contributed by atoms with E-state index in [4.69, 9.17) is 10.6 Å². The van der Waals surface area contributed by atoms with Crippen molar-refractivity contribution in [1.82, 2.24) is 10.3 Å². The standard InChI is InChI=1S/C19H22FN5O2/c1-12-8-17(24-19(26)23-9-13-6-7-27-11-13)22-10-16(12)18(25-21)14-2-4-15(20)5-3-14/h2-5,8,10,13H,6-7,9,11,21H2,1H3,(H2,22,23,24,26)/b25-18-.